The van der Waals surface area contributed by atoms with Crippen molar-refractivity contribution in [1.29, 1.82) is 0 Å². The molecule has 0 spiro atoms. The molecule has 94 valence electrons. The van der Waals surface area contributed by atoms with Gasteiger partial charge in [-0.05, 0) is 18.2 Å². The van der Waals surface area contributed by atoms with Gasteiger partial charge in [0.2, 0.25) is 0 Å². The van der Waals surface area contributed by atoms with Gasteiger partial charge in [0.15, 0.2) is 18.9 Å². The van der Waals surface area contributed by atoms with Crippen LogP contribution in [0.3, 0.4) is 0 Å². The lowest BCUT2D eigenvalue weighted by molar-refractivity contribution is -0.688. The highest BCUT2D eigenvalue weighted by Crippen LogP contribution is 2.09. The number of carbonyl (C=O) groups is 1. The Bertz CT molecular complexity index is 543. The van der Waals surface area contributed by atoms with Crippen molar-refractivity contribution in [3.63, 3.8) is 0 Å². The fourth-order valence-electron chi connectivity index (χ4n) is 1.55. The van der Waals surface area contributed by atoms with Gasteiger partial charge in [-0.25, -0.2) is 4.79 Å². The average molecular weight is 268 g/mol. The topological polar surface area (TPSA) is 41.2 Å². The number of hydrogen-bond donors (Lipinski definition) is 1. The molecule has 1 heterocycles. The summed E-state index contributed by atoms with van der Waals surface area (Å²) in [5.41, 5.74) is 1.35. The predicted molar refractivity (Wildman–Crippen MR) is 64.2 cm³/mol. The summed E-state index contributed by atoms with van der Waals surface area (Å²) in [6.07, 6.45) is 3.44. The summed E-state index contributed by atoms with van der Waals surface area (Å²) < 4.78 is 1.83. The highest BCUT2D eigenvalue weighted by molar-refractivity contribution is 6.30. The Labute approximate surface area is 109 Å². The highest BCUT2D eigenvalue weighted by atomic mass is 35.5. The van der Waals surface area contributed by atoms with E-state index in [1.165, 1.54) is 0 Å². The first-order chi connectivity index (χ1) is 8.15. The second-order valence-corrected chi connectivity index (χ2v) is 4.13. The molecule has 2 rings (SSSR count). The molecule has 0 aliphatic carbocycles. The van der Waals surface area contributed by atoms with Gasteiger partial charge in [0.05, 0.1) is 0 Å². The van der Waals surface area contributed by atoms with Crippen molar-refractivity contribution in [3.8, 4) is 0 Å². The molecule has 1 aromatic carbocycles. The maximum atomic E-state index is 10.8. The zero-order valence-corrected chi connectivity index (χ0v) is 10.1. The van der Waals surface area contributed by atoms with Crippen LogP contribution in [0.4, 0.5) is 0 Å². The third-order valence-corrected chi connectivity index (χ3v) is 2.64. The maximum Gasteiger partial charge on any atom is 0.341 e. The van der Waals surface area contributed by atoms with Crippen molar-refractivity contribution < 1.29 is 19.2 Å². The van der Waals surface area contributed by atoms with Crippen LogP contribution in [-0.4, -0.2) is 11.1 Å². The standard InChI is InChI=1S/C13H10ClNO2.FH/c14-12-5-3-10(4-6-12)8-15-7-1-2-11(9-15)13(16)17;/h1-7,9H,8H2;1H. The lowest BCUT2D eigenvalue weighted by atomic mass is 10.2. The molecule has 0 saturated heterocycles. The fourth-order valence-corrected chi connectivity index (χ4v) is 1.67. The number of rotatable bonds is 3. The highest BCUT2D eigenvalue weighted by Gasteiger charge is 2.09. The third kappa shape index (κ3) is 3.53. The molecule has 0 unspecified atom stereocenters. The fraction of sp³-hybridized carbons (Fsp3) is 0.0769. The molecule has 18 heavy (non-hydrogen) atoms. The third-order valence-electron chi connectivity index (χ3n) is 2.38. The monoisotopic (exact) mass is 267 g/mol. The van der Waals surface area contributed by atoms with Crippen molar-refractivity contribution >= 4 is 17.6 Å². The van der Waals surface area contributed by atoms with Gasteiger partial charge < -0.3 is 9.81 Å². The number of nitrogens with zero attached hydrogens (tertiary/aromatic N) is 1. The van der Waals surface area contributed by atoms with E-state index < -0.39 is 5.97 Å². The number of benzene rings is 1. The van der Waals surface area contributed by atoms with Gasteiger partial charge in [0.1, 0.15) is 5.56 Å². The Morgan fingerprint density at radius 3 is 2.50 bits per heavy atom. The molecule has 0 atom stereocenters. The van der Waals surface area contributed by atoms with E-state index in [4.69, 9.17) is 16.7 Å². The van der Waals surface area contributed by atoms with Gasteiger partial charge in [0, 0.05) is 16.7 Å². The molecule has 2 aromatic rings. The predicted octanol–water partition coefficient (Wildman–Crippen LogP) is -0.622. The molecule has 0 saturated carbocycles. The molecule has 0 aliphatic rings. The second-order valence-electron chi connectivity index (χ2n) is 3.70. The van der Waals surface area contributed by atoms with Crippen LogP contribution in [0.1, 0.15) is 15.9 Å². The van der Waals surface area contributed by atoms with Crippen LogP contribution >= 0.6 is 11.6 Å². The minimum atomic E-state index is -0.921. The number of carboxylic acids is 1. The van der Waals surface area contributed by atoms with Crippen LogP contribution in [-0.2, 0) is 6.54 Å². The Kier molecular flexibility index (Phi) is 4.80. The summed E-state index contributed by atoms with van der Waals surface area (Å²) in [5.74, 6) is -0.921. The zero-order valence-electron chi connectivity index (χ0n) is 9.38. The van der Waals surface area contributed by atoms with Crippen LogP contribution in [0, 0.1) is 0 Å². The maximum absolute atomic E-state index is 10.8. The molecule has 0 radical (unpaired) electrons. The molecule has 5 heteroatoms. The van der Waals surface area contributed by atoms with Crippen LogP contribution < -0.4 is 9.27 Å². The number of hydrogen-bond acceptors (Lipinski definition) is 1. The van der Waals surface area contributed by atoms with Gasteiger partial charge in [0.25, 0.3) is 0 Å². The Balaban J connectivity index is 0.00000162. The van der Waals surface area contributed by atoms with Crippen molar-refractivity contribution in [2.75, 3.05) is 0 Å². The minimum absolute atomic E-state index is 0. The smallest absolute Gasteiger partial charge is 0.341 e. The summed E-state index contributed by atoms with van der Waals surface area (Å²) in [4.78, 5) is 10.8. The Hall–Kier alpha value is -1.94. The minimum Gasteiger partial charge on any atom is -1.00 e. The van der Waals surface area contributed by atoms with E-state index in [1.807, 2.05) is 35.0 Å². The number of halogens is 2. The average Bonchev–Trinajstić information content (AvgIpc) is 2.32. The van der Waals surface area contributed by atoms with Crippen LogP contribution in [0.25, 0.3) is 0 Å². The number of pyridine rings is 1. The lowest BCUT2D eigenvalue weighted by Crippen LogP contribution is -3.00. The van der Waals surface area contributed by atoms with Crippen LogP contribution in [0.2, 0.25) is 5.02 Å². The van der Waals surface area contributed by atoms with Gasteiger partial charge in [-0.2, -0.15) is 4.57 Å². The molecular formula is C13H11ClFNO2. The molecule has 0 bridgehead atoms. The summed E-state index contributed by atoms with van der Waals surface area (Å²) in [6.45, 7) is 0.623. The second kappa shape index (κ2) is 6.12. The van der Waals surface area contributed by atoms with Crippen molar-refractivity contribution in [3.05, 3.63) is 64.9 Å². The molecular weight excluding hydrogens is 257 g/mol. The molecule has 0 fully saturated rings. The van der Waals surface area contributed by atoms with E-state index in [9.17, 15) is 4.79 Å². The van der Waals surface area contributed by atoms with Gasteiger partial charge in [-0.1, -0.05) is 23.7 Å². The largest absolute Gasteiger partial charge is 1.00 e. The summed E-state index contributed by atoms with van der Waals surface area (Å²) in [7, 11) is 0. The van der Waals surface area contributed by atoms with E-state index in [1.54, 1.807) is 18.3 Å². The van der Waals surface area contributed by atoms with Crippen molar-refractivity contribution in [2.45, 2.75) is 6.54 Å². The first-order valence-electron chi connectivity index (χ1n) is 5.12. The first-order valence-corrected chi connectivity index (χ1v) is 5.50. The van der Waals surface area contributed by atoms with Crippen LogP contribution in [0.5, 0.6) is 0 Å². The molecule has 1 N–H and O–H groups in total. The normalized spacial score (nSPS) is 9.61. The Morgan fingerprint density at radius 2 is 1.89 bits per heavy atom. The van der Waals surface area contributed by atoms with Gasteiger partial charge >= 0.3 is 5.97 Å². The SMILES string of the molecule is O=C(O)c1ccc[n+](Cc2ccc(Cl)cc2)c1.[F-]. The zero-order chi connectivity index (χ0) is 12.3. The molecule has 0 amide bonds. The molecule has 1 aromatic heterocycles. The Morgan fingerprint density at radius 1 is 1.22 bits per heavy atom. The van der Waals surface area contributed by atoms with E-state index in [2.05, 4.69) is 0 Å². The van der Waals surface area contributed by atoms with E-state index in [0.717, 1.165) is 5.56 Å². The summed E-state index contributed by atoms with van der Waals surface area (Å²) >= 11 is 5.80. The summed E-state index contributed by atoms with van der Waals surface area (Å²) in [5, 5.41) is 9.57. The van der Waals surface area contributed by atoms with Crippen molar-refractivity contribution in [2.24, 2.45) is 0 Å². The molecule has 3 nitrogen and oxygen atoms in total. The van der Waals surface area contributed by atoms with Crippen molar-refractivity contribution in [1.82, 2.24) is 0 Å². The lowest BCUT2D eigenvalue weighted by Gasteiger charge is -1.99. The first kappa shape index (κ1) is 14.1. The van der Waals surface area contributed by atoms with E-state index in [0.29, 0.717) is 11.6 Å². The van der Waals surface area contributed by atoms with Gasteiger partial charge in [-0.15, -0.1) is 0 Å². The number of carboxylic acid groups (broad SMARTS) is 1. The number of aromatic nitrogens is 1. The quantitative estimate of drug-likeness (QED) is 0.753. The van der Waals surface area contributed by atoms with Gasteiger partial charge in [-0.3, -0.25) is 0 Å². The number of aromatic carboxylic acids is 1. The molecule has 0 aliphatic heterocycles. The van der Waals surface area contributed by atoms with E-state index >= 15 is 0 Å². The van der Waals surface area contributed by atoms with E-state index in [-0.39, 0.29) is 10.3 Å². The summed E-state index contributed by atoms with van der Waals surface area (Å²) in [6, 6.07) is 10.8. The van der Waals surface area contributed by atoms with Crippen LogP contribution in [0.15, 0.2) is 48.8 Å².